The molecule has 0 amide bonds. The Kier molecular flexibility index (Phi) is 2.77. The molecule has 6 nitrogen and oxygen atoms in total. The van der Waals surface area contributed by atoms with Gasteiger partial charge in [0.25, 0.3) is 0 Å². The van der Waals surface area contributed by atoms with Gasteiger partial charge in [0.15, 0.2) is 0 Å². The minimum absolute atomic E-state index is 0.0144. The number of nitrogens with zero attached hydrogens (tertiary/aromatic N) is 3. The zero-order valence-electron chi connectivity index (χ0n) is 8.13. The van der Waals surface area contributed by atoms with Gasteiger partial charge < -0.3 is 0 Å². The van der Waals surface area contributed by atoms with E-state index in [1.807, 2.05) is 0 Å². The molecule has 0 saturated carbocycles. The summed E-state index contributed by atoms with van der Waals surface area (Å²) in [6.07, 6.45) is 3.48. The lowest BCUT2D eigenvalue weighted by molar-refractivity contribution is -0.384. The molecule has 0 radical (unpaired) electrons. The SMILES string of the molecule is O=[N+]([O-])c1cccnc1N1CCCCO1. The number of hydrogen-bond donors (Lipinski definition) is 0. The molecule has 1 aromatic heterocycles. The van der Waals surface area contributed by atoms with Crippen molar-refractivity contribution < 1.29 is 9.76 Å². The third kappa shape index (κ3) is 2.04. The summed E-state index contributed by atoms with van der Waals surface area (Å²) in [6, 6.07) is 2.98. The number of hydrogen-bond acceptors (Lipinski definition) is 5. The average molecular weight is 209 g/mol. The van der Waals surface area contributed by atoms with Crippen LogP contribution in [-0.2, 0) is 4.84 Å². The smallest absolute Gasteiger partial charge is 0.272 e. The molecule has 15 heavy (non-hydrogen) atoms. The van der Waals surface area contributed by atoms with E-state index in [1.54, 1.807) is 6.07 Å². The molecule has 1 fully saturated rings. The fourth-order valence-corrected chi connectivity index (χ4v) is 1.49. The first-order valence-corrected chi connectivity index (χ1v) is 4.79. The summed E-state index contributed by atoms with van der Waals surface area (Å²) in [6.45, 7) is 1.24. The third-order valence-corrected chi connectivity index (χ3v) is 2.20. The number of pyridine rings is 1. The maximum Gasteiger partial charge on any atom is 0.313 e. The average Bonchev–Trinajstić information content (AvgIpc) is 2.30. The van der Waals surface area contributed by atoms with Gasteiger partial charge in [0.05, 0.1) is 11.5 Å². The Hall–Kier alpha value is -1.69. The highest BCUT2D eigenvalue weighted by molar-refractivity contribution is 5.55. The van der Waals surface area contributed by atoms with Gasteiger partial charge in [-0.15, -0.1) is 0 Å². The van der Waals surface area contributed by atoms with Gasteiger partial charge in [-0.25, -0.2) is 10.0 Å². The van der Waals surface area contributed by atoms with Gasteiger partial charge in [0, 0.05) is 18.8 Å². The zero-order chi connectivity index (χ0) is 10.7. The molecule has 0 N–H and O–H groups in total. The fourth-order valence-electron chi connectivity index (χ4n) is 1.49. The molecular weight excluding hydrogens is 198 g/mol. The van der Waals surface area contributed by atoms with E-state index in [-0.39, 0.29) is 5.69 Å². The lowest BCUT2D eigenvalue weighted by Crippen LogP contribution is -2.31. The summed E-state index contributed by atoms with van der Waals surface area (Å²) >= 11 is 0. The summed E-state index contributed by atoms with van der Waals surface area (Å²) in [5.74, 6) is 0.294. The van der Waals surface area contributed by atoms with E-state index >= 15 is 0 Å². The van der Waals surface area contributed by atoms with Gasteiger partial charge >= 0.3 is 5.69 Å². The van der Waals surface area contributed by atoms with Crippen LogP contribution < -0.4 is 5.06 Å². The molecule has 6 heteroatoms. The third-order valence-electron chi connectivity index (χ3n) is 2.20. The number of rotatable bonds is 2. The quantitative estimate of drug-likeness (QED) is 0.545. The Morgan fingerprint density at radius 2 is 2.40 bits per heavy atom. The highest BCUT2D eigenvalue weighted by atomic mass is 16.7. The number of aromatic nitrogens is 1. The number of anilines is 1. The molecule has 1 saturated heterocycles. The minimum atomic E-state index is -0.444. The predicted molar refractivity (Wildman–Crippen MR) is 53.4 cm³/mol. The lowest BCUT2D eigenvalue weighted by atomic mass is 10.3. The van der Waals surface area contributed by atoms with Crippen LogP contribution in [0.25, 0.3) is 0 Å². The molecular formula is C9H11N3O3. The van der Waals surface area contributed by atoms with Crippen LogP contribution in [0.15, 0.2) is 18.3 Å². The Morgan fingerprint density at radius 1 is 1.53 bits per heavy atom. The van der Waals surface area contributed by atoms with Crippen molar-refractivity contribution in [1.82, 2.24) is 4.98 Å². The monoisotopic (exact) mass is 209 g/mol. The van der Waals surface area contributed by atoms with Gasteiger partial charge in [-0.2, -0.15) is 0 Å². The largest absolute Gasteiger partial charge is 0.313 e. The van der Waals surface area contributed by atoms with Gasteiger partial charge in [0.1, 0.15) is 0 Å². The first-order valence-electron chi connectivity index (χ1n) is 4.79. The molecule has 1 aliphatic rings. The minimum Gasteiger partial charge on any atom is -0.272 e. The van der Waals surface area contributed by atoms with Crippen molar-refractivity contribution in [1.29, 1.82) is 0 Å². The molecule has 2 heterocycles. The second kappa shape index (κ2) is 4.22. The maximum absolute atomic E-state index is 10.7. The molecule has 1 aromatic rings. The number of hydroxylamine groups is 1. The van der Waals surface area contributed by atoms with Crippen LogP contribution >= 0.6 is 0 Å². The van der Waals surface area contributed by atoms with E-state index in [2.05, 4.69) is 4.98 Å². The van der Waals surface area contributed by atoms with Crippen molar-refractivity contribution in [3.63, 3.8) is 0 Å². The molecule has 1 aliphatic heterocycles. The molecule has 0 bridgehead atoms. The summed E-state index contributed by atoms with van der Waals surface area (Å²) in [5, 5.41) is 12.2. The van der Waals surface area contributed by atoms with E-state index in [0.717, 1.165) is 12.8 Å². The first-order chi connectivity index (χ1) is 7.29. The summed E-state index contributed by atoms with van der Waals surface area (Å²) in [5.41, 5.74) is -0.0144. The molecule has 0 atom stereocenters. The van der Waals surface area contributed by atoms with E-state index in [4.69, 9.17) is 4.84 Å². The highest BCUT2D eigenvalue weighted by Gasteiger charge is 2.22. The van der Waals surface area contributed by atoms with Crippen molar-refractivity contribution in [2.45, 2.75) is 12.8 Å². The van der Waals surface area contributed by atoms with E-state index < -0.39 is 4.92 Å². The Bertz CT molecular complexity index is 363. The van der Waals surface area contributed by atoms with E-state index in [9.17, 15) is 10.1 Å². The lowest BCUT2D eigenvalue weighted by Gasteiger charge is -2.26. The van der Waals surface area contributed by atoms with Crippen LogP contribution in [0.2, 0.25) is 0 Å². The van der Waals surface area contributed by atoms with Crippen molar-refractivity contribution >= 4 is 11.5 Å². The van der Waals surface area contributed by atoms with Gasteiger partial charge in [-0.3, -0.25) is 15.0 Å². The second-order valence-electron chi connectivity index (χ2n) is 3.25. The molecule has 2 rings (SSSR count). The highest BCUT2D eigenvalue weighted by Crippen LogP contribution is 2.26. The van der Waals surface area contributed by atoms with Gasteiger partial charge in [-0.05, 0) is 18.9 Å². The maximum atomic E-state index is 10.7. The summed E-state index contributed by atoms with van der Waals surface area (Å²) < 4.78 is 0. The standard InChI is InChI=1S/C9H11N3O3/c13-12(14)8-4-3-5-10-9(8)11-6-1-2-7-15-11/h3-5H,1-2,6-7H2. The topological polar surface area (TPSA) is 68.5 Å². The Morgan fingerprint density at radius 3 is 3.07 bits per heavy atom. The molecule has 0 unspecified atom stereocenters. The number of nitro groups is 1. The van der Waals surface area contributed by atoms with Gasteiger partial charge in [-0.1, -0.05) is 0 Å². The van der Waals surface area contributed by atoms with Crippen molar-refractivity contribution in [3.05, 3.63) is 28.4 Å². The van der Waals surface area contributed by atoms with Crippen LogP contribution in [0.3, 0.4) is 0 Å². The fraction of sp³-hybridized carbons (Fsp3) is 0.444. The van der Waals surface area contributed by atoms with Gasteiger partial charge in [0.2, 0.25) is 5.82 Å². The molecule has 80 valence electrons. The van der Waals surface area contributed by atoms with Crippen molar-refractivity contribution in [2.24, 2.45) is 0 Å². The van der Waals surface area contributed by atoms with Crippen LogP contribution in [0.5, 0.6) is 0 Å². The first kappa shape index (κ1) is 9.85. The zero-order valence-corrected chi connectivity index (χ0v) is 8.13. The normalized spacial score (nSPS) is 16.4. The Balaban J connectivity index is 2.29. The van der Waals surface area contributed by atoms with E-state index in [1.165, 1.54) is 17.3 Å². The van der Waals surface area contributed by atoms with Crippen molar-refractivity contribution in [3.8, 4) is 0 Å². The molecule has 0 spiro atoms. The van der Waals surface area contributed by atoms with E-state index in [0.29, 0.717) is 19.0 Å². The summed E-state index contributed by atoms with van der Waals surface area (Å²) in [4.78, 5) is 19.6. The Labute approximate surface area is 86.6 Å². The van der Waals surface area contributed by atoms with Crippen molar-refractivity contribution in [2.75, 3.05) is 18.2 Å². The van der Waals surface area contributed by atoms with Crippen LogP contribution in [-0.4, -0.2) is 23.1 Å². The second-order valence-corrected chi connectivity index (χ2v) is 3.25. The van der Waals surface area contributed by atoms with Crippen LogP contribution in [0.1, 0.15) is 12.8 Å². The predicted octanol–water partition coefficient (Wildman–Crippen LogP) is 1.52. The summed E-state index contributed by atoms with van der Waals surface area (Å²) in [7, 11) is 0. The van der Waals surface area contributed by atoms with Crippen LogP contribution in [0.4, 0.5) is 11.5 Å². The molecule has 0 aromatic carbocycles. The molecule has 0 aliphatic carbocycles. The van der Waals surface area contributed by atoms with Crippen LogP contribution in [0, 0.1) is 10.1 Å².